The Kier molecular flexibility index (Phi) is 10.5. The molecule has 2 unspecified atom stereocenters. The van der Waals surface area contributed by atoms with Crippen molar-refractivity contribution in [2.45, 2.75) is 26.1 Å². The Balaban J connectivity index is 0. The highest BCUT2D eigenvalue weighted by atomic mass is 16.8. The van der Waals surface area contributed by atoms with E-state index in [1.807, 2.05) is 0 Å². The molecule has 0 aromatic heterocycles. The molecular formula is C8H16O8. The van der Waals surface area contributed by atoms with E-state index in [0.29, 0.717) is 6.61 Å². The summed E-state index contributed by atoms with van der Waals surface area (Å²) in [5.74, 6) is 0. The van der Waals surface area contributed by atoms with Gasteiger partial charge < -0.3 is 29.9 Å². The Morgan fingerprint density at radius 2 is 1.94 bits per heavy atom. The Morgan fingerprint density at radius 1 is 1.56 bits per heavy atom. The van der Waals surface area contributed by atoms with Crippen LogP contribution in [0.2, 0.25) is 0 Å². The first-order valence-corrected chi connectivity index (χ1v) is 4.33. The van der Waals surface area contributed by atoms with Crippen molar-refractivity contribution in [3.63, 3.8) is 0 Å². The van der Waals surface area contributed by atoms with Crippen LogP contribution in [0.3, 0.4) is 0 Å². The molecular weight excluding hydrogens is 224 g/mol. The zero-order valence-electron chi connectivity index (χ0n) is 8.99. The van der Waals surface area contributed by atoms with Gasteiger partial charge in [-0.1, -0.05) is 0 Å². The summed E-state index contributed by atoms with van der Waals surface area (Å²) in [4.78, 5) is 18.6. The Morgan fingerprint density at radius 3 is 2.00 bits per heavy atom. The second-order valence-corrected chi connectivity index (χ2v) is 2.80. The topological polar surface area (TPSA) is 134 Å². The van der Waals surface area contributed by atoms with Crippen LogP contribution in [-0.4, -0.2) is 58.2 Å². The lowest BCUT2D eigenvalue weighted by Gasteiger charge is -1.90. The molecule has 1 aliphatic rings. The van der Waals surface area contributed by atoms with Crippen LogP contribution in [0.5, 0.6) is 0 Å². The molecule has 1 aliphatic heterocycles. The van der Waals surface area contributed by atoms with E-state index in [4.69, 9.17) is 25.2 Å². The van der Waals surface area contributed by atoms with Crippen molar-refractivity contribution in [1.29, 1.82) is 0 Å². The zero-order chi connectivity index (χ0) is 13.1. The average Bonchev–Trinajstić information content (AvgIpc) is 2.50. The maximum atomic E-state index is 10.0. The van der Waals surface area contributed by atoms with Crippen molar-refractivity contribution in [1.82, 2.24) is 0 Å². The van der Waals surface area contributed by atoms with Crippen molar-refractivity contribution in [2.75, 3.05) is 13.2 Å². The predicted molar refractivity (Wildman–Crippen MR) is 51.3 cm³/mol. The highest BCUT2D eigenvalue weighted by Gasteiger charge is 2.19. The van der Waals surface area contributed by atoms with Gasteiger partial charge in [-0.3, -0.25) is 0 Å². The van der Waals surface area contributed by atoms with E-state index in [-0.39, 0.29) is 12.7 Å². The number of carboxylic acid groups (broad SMARTS) is 2. The average molecular weight is 240 g/mol. The molecule has 0 bridgehead atoms. The van der Waals surface area contributed by atoms with Gasteiger partial charge >= 0.3 is 12.3 Å². The van der Waals surface area contributed by atoms with Gasteiger partial charge in [0.15, 0.2) is 0 Å². The quantitative estimate of drug-likeness (QED) is 0.475. The molecule has 0 aromatic carbocycles. The fraction of sp³-hybridized carbons (Fsp3) is 0.750. The van der Waals surface area contributed by atoms with Crippen molar-refractivity contribution in [2.24, 2.45) is 0 Å². The molecule has 1 fully saturated rings. The highest BCUT2D eigenvalue weighted by molar-refractivity contribution is 5.61. The van der Waals surface area contributed by atoms with Crippen LogP contribution in [-0.2, 0) is 9.47 Å². The third kappa shape index (κ3) is 18.3. The van der Waals surface area contributed by atoms with E-state index in [2.05, 4.69) is 9.47 Å². The molecule has 2 atom stereocenters. The molecule has 1 heterocycles. The molecule has 0 spiro atoms. The van der Waals surface area contributed by atoms with E-state index >= 15 is 0 Å². The van der Waals surface area contributed by atoms with Gasteiger partial charge in [0.05, 0.1) is 12.7 Å². The van der Waals surface area contributed by atoms with E-state index in [9.17, 15) is 4.79 Å². The summed E-state index contributed by atoms with van der Waals surface area (Å²) in [5, 5.41) is 29.9. The summed E-state index contributed by atoms with van der Waals surface area (Å²) in [6.45, 7) is 3.57. The lowest BCUT2D eigenvalue weighted by molar-refractivity contribution is 0.110. The van der Waals surface area contributed by atoms with Crippen LogP contribution >= 0.6 is 0 Å². The molecule has 8 nitrogen and oxygen atoms in total. The number of cyclic esters (lactones) is 2. The normalized spacial score (nSPS) is 19.0. The molecule has 8 heteroatoms. The third-order valence-corrected chi connectivity index (χ3v) is 0.998. The van der Waals surface area contributed by atoms with Crippen LogP contribution in [0.4, 0.5) is 9.59 Å². The van der Waals surface area contributed by atoms with Crippen LogP contribution in [0, 0.1) is 0 Å². The summed E-state index contributed by atoms with van der Waals surface area (Å²) >= 11 is 0. The maximum Gasteiger partial charge on any atom is 0.508 e. The molecule has 0 aliphatic carbocycles. The summed E-state index contributed by atoms with van der Waals surface area (Å²) < 4.78 is 8.90. The summed E-state index contributed by atoms with van der Waals surface area (Å²) in [6.07, 6.45) is -2.99. The minimum Gasteiger partial charge on any atom is -0.450 e. The van der Waals surface area contributed by atoms with Crippen molar-refractivity contribution in [3.8, 4) is 0 Å². The molecule has 1 saturated heterocycles. The number of carbonyl (C=O) groups is 2. The first kappa shape index (κ1) is 16.9. The van der Waals surface area contributed by atoms with Crippen LogP contribution in [0.15, 0.2) is 0 Å². The van der Waals surface area contributed by atoms with Crippen LogP contribution < -0.4 is 0 Å². The standard InChI is InChI=1S/C4H6O3.C3H8O2.CH2O3/c1-3-2-6-4(5)7-3;1-3(5)2-4;2-1(3)4/h3H,2H2,1H3;3-5H,2H2,1H3;(H2,2,3,4). The SMILES string of the molecule is CC(O)CO.CC1COC(=O)O1.O=C(O)O. The van der Waals surface area contributed by atoms with Gasteiger partial charge in [0, 0.05) is 0 Å². The van der Waals surface area contributed by atoms with Gasteiger partial charge in [-0.05, 0) is 13.8 Å². The minimum absolute atomic E-state index is 0.0486. The molecule has 0 amide bonds. The van der Waals surface area contributed by atoms with Crippen LogP contribution in [0.25, 0.3) is 0 Å². The Labute approximate surface area is 92.0 Å². The van der Waals surface area contributed by atoms with Gasteiger partial charge in [0.2, 0.25) is 0 Å². The second-order valence-electron chi connectivity index (χ2n) is 2.80. The summed E-state index contributed by atoms with van der Waals surface area (Å²) in [7, 11) is 0. The van der Waals surface area contributed by atoms with E-state index < -0.39 is 18.4 Å². The van der Waals surface area contributed by atoms with Crippen LogP contribution in [0.1, 0.15) is 13.8 Å². The molecule has 0 radical (unpaired) electrons. The summed E-state index contributed by atoms with van der Waals surface area (Å²) in [5.41, 5.74) is 0. The first-order valence-electron chi connectivity index (χ1n) is 4.33. The third-order valence-electron chi connectivity index (χ3n) is 0.998. The van der Waals surface area contributed by atoms with Gasteiger partial charge in [-0.15, -0.1) is 0 Å². The maximum absolute atomic E-state index is 10.0. The fourth-order valence-electron chi connectivity index (χ4n) is 0.418. The number of hydrogen-bond donors (Lipinski definition) is 4. The monoisotopic (exact) mass is 240 g/mol. The largest absolute Gasteiger partial charge is 0.508 e. The highest BCUT2D eigenvalue weighted by Crippen LogP contribution is 2.02. The van der Waals surface area contributed by atoms with E-state index in [1.54, 1.807) is 6.92 Å². The molecule has 4 N–H and O–H groups in total. The van der Waals surface area contributed by atoms with Crippen molar-refractivity contribution in [3.05, 3.63) is 0 Å². The molecule has 96 valence electrons. The van der Waals surface area contributed by atoms with Crippen molar-refractivity contribution < 1.29 is 39.5 Å². The Bertz CT molecular complexity index is 198. The summed E-state index contributed by atoms with van der Waals surface area (Å²) in [6, 6.07) is 0. The number of rotatable bonds is 1. The lowest BCUT2D eigenvalue weighted by atomic mass is 10.5. The first-order chi connectivity index (χ1) is 7.29. The minimum atomic E-state index is -1.83. The van der Waals surface area contributed by atoms with Gasteiger partial charge in [0.25, 0.3) is 0 Å². The molecule has 16 heavy (non-hydrogen) atoms. The van der Waals surface area contributed by atoms with Crippen molar-refractivity contribution >= 4 is 12.3 Å². The molecule has 1 rings (SSSR count). The number of carbonyl (C=O) groups excluding carboxylic acids is 1. The van der Waals surface area contributed by atoms with Gasteiger partial charge in [0.1, 0.15) is 12.7 Å². The van der Waals surface area contributed by atoms with E-state index in [0.717, 1.165) is 0 Å². The van der Waals surface area contributed by atoms with Gasteiger partial charge in [-0.2, -0.15) is 0 Å². The number of ether oxygens (including phenoxy) is 2. The smallest absolute Gasteiger partial charge is 0.450 e. The van der Waals surface area contributed by atoms with Gasteiger partial charge in [-0.25, -0.2) is 9.59 Å². The number of aliphatic hydroxyl groups excluding tert-OH is 2. The second kappa shape index (κ2) is 9.99. The number of aliphatic hydroxyl groups is 2. The number of hydrogen-bond acceptors (Lipinski definition) is 6. The van der Waals surface area contributed by atoms with E-state index in [1.165, 1.54) is 6.92 Å². The Hall–Kier alpha value is -1.54. The zero-order valence-corrected chi connectivity index (χ0v) is 8.99. The lowest BCUT2D eigenvalue weighted by Crippen LogP contribution is -2.03. The molecule has 0 saturated carbocycles. The predicted octanol–water partition coefficient (Wildman–Crippen LogP) is 0.124. The fourth-order valence-corrected chi connectivity index (χ4v) is 0.418. The molecule has 0 aromatic rings.